The zero-order chi connectivity index (χ0) is 13.6. The zero-order valence-corrected chi connectivity index (χ0v) is 12.0. The van der Waals surface area contributed by atoms with Crippen LogP contribution >= 0.6 is 0 Å². The monoisotopic (exact) mass is 256 g/mol. The molecule has 3 unspecified atom stereocenters. The highest BCUT2D eigenvalue weighted by Gasteiger charge is 2.26. The Morgan fingerprint density at radius 3 is 2.83 bits per heavy atom. The van der Waals surface area contributed by atoms with Crippen molar-refractivity contribution < 1.29 is 9.90 Å². The molecule has 0 aromatic rings. The molecule has 0 bridgehead atoms. The number of amides is 1. The van der Waals surface area contributed by atoms with Crippen molar-refractivity contribution in [1.29, 1.82) is 0 Å². The Bertz CT molecular complexity index is 259. The number of hydrogen-bond donors (Lipinski definition) is 3. The summed E-state index contributed by atoms with van der Waals surface area (Å²) in [6.45, 7) is 8.14. The highest BCUT2D eigenvalue weighted by atomic mass is 16.3. The molecule has 0 aromatic carbocycles. The van der Waals surface area contributed by atoms with Gasteiger partial charge in [-0.1, -0.05) is 13.8 Å². The van der Waals surface area contributed by atoms with Gasteiger partial charge in [0.05, 0.1) is 12.1 Å². The molecular weight excluding hydrogens is 228 g/mol. The van der Waals surface area contributed by atoms with E-state index >= 15 is 0 Å². The first-order valence-corrected chi connectivity index (χ1v) is 7.13. The van der Waals surface area contributed by atoms with Crippen LogP contribution in [0.1, 0.15) is 46.5 Å². The maximum atomic E-state index is 12.0. The molecule has 1 fully saturated rings. The fourth-order valence-corrected chi connectivity index (χ4v) is 2.45. The number of aliphatic hydroxyl groups is 1. The quantitative estimate of drug-likeness (QED) is 0.671. The number of piperidine rings is 1. The van der Waals surface area contributed by atoms with Crippen molar-refractivity contribution in [2.24, 2.45) is 11.8 Å². The predicted molar refractivity (Wildman–Crippen MR) is 73.3 cm³/mol. The fraction of sp³-hybridized carbons (Fsp3) is 0.929. The number of rotatable bonds is 6. The van der Waals surface area contributed by atoms with Crippen LogP contribution in [0.4, 0.5) is 0 Å². The Hall–Kier alpha value is -0.610. The van der Waals surface area contributed by atoms with Crippen molar-refractivity contribution in [3.63, 3.8) is 0 Å². The molecule has 1 rings (SSSR count). The number of hydrogen-bond acceptors (Lipinski definition) is 3. The first-order valence-electron chi connectivity index (χ1n) is 7.13. The number of nitrogens with one attached hydrogen (secondary N) is 2. The lowest BCUT2D eigenvalue weighted by Gasteiger charge is -2.31. The summed E-state index contributed by atoms with van der Waals surface area (Å²) >= 11 is 0. The molecule has 0 spiro atoms. The molecule has 106 valence electrons. The molecule has 1 aliphatic heterocycles. The minimum Gasteiger partial charge on any atom is -0.394 e. The van der Waals surface area contributed by atoms with Crippen LogP contribution in [0.25, 0.3) is 0 Å². The van der Waals surface area contributed by atoms with Crippen LogP contribution in [-0.2, 0) is 4.79 Å². The second-order valence-corrected chi connectivity index (χ2v) is 5.91. The molecule has 1 saturated heterocycles. The summed E-state index contributed by atoms with van der Waals surface area (Å²) in [5.74, 6) is 1.07. The average Bonchev–Trinajstić information content (AvgIpc) is 2.39. The van der Waals surface area contributed by atoms with Crippen LogP contribution < -0.4 is 10.6 Å². The second-order valence-electron chi connectivity index (χ2n) is 5.91. The molecular formula is C14H28N2O2. The Morgan fingerprint density at radius 1 is 1.61 bits per heavy atom. The van der Waals surface area contributed by atoms with E-state index in [9.17, 15) is 9.90 Å². The lowest BCUT2D eigenvalue weighted by Crippen LogP contribution is -2.49. The lowest BCUT2D eigenvalue weighted by atomic mass is 9.85. The van der Waals surface area contributed by atoms with Crippen LogP contribution in [0.2, 0.25) is 0 Å². The Labute approximate surface area is 111 Å². The van der Waals surface area contributed by atoms with E-state index in [0.29, 0.717) is 18.3 Å². The van der Waals surface area contributed by atoms with E-state index < -0.39 is 5.54 Å². The topological polar surface area (TPSA) is 61.4 Å². The average molecular weight is 256 g/mol. The van der Waals surface area contributed by atoms with Gasteiger partial charge in [-0.25, -0.2) is 0 Å². The van der Waals surface area contributed by atoms with Gasteiger partial charge in [-0.2, -0.15) is 0 Å². The van der Waals surface area contributed by atoms with Gasteiger partial charge in [0.15, 0.2) is 0 Å². The minimum atomic E-state index is -0.471. The van der Waals surface area contributed by atoms with Crippen molar-refractivity contribution >= 4 is 5.91 Å². The van der Waals surface area contributed by atoms with Crippen LogP contribution in [-0.4, -0.2) is 36.2 Å². The van der Waals surface area contributed by atoms with Crippen LogP contribution in [0, 0.1) is 11.8 Å². The number of carbonyl (C=O) groups excluding carboxylic acids is 1. The van der Waals surface area contributed by atoms with Gasteiger partial charge in [0.25, 0.3) is 0 Å². The SMILES string of the molecule is CCC(C)(CO)NC(=O)CC(C)C1CCCNC1. The molecule has 1 aliphatic rings. The largest absolute Gasteiger partial charge is 0.394 e. The van der Waals surface area contributed by atoms with E-state index in [1.165, 1.54) is 12.8 Å². The van der Waals surface area contributed by atoms with Crippen LogP contribution in [0.5, 0.6) is 0 Å². The van der Waals surface area contributed by atoms with Gasteiger partial charge in [-0.05, 0) is 51.1 Å². The molecule has 4 nitrogen and oxygen atoms in total. The number of aliphatic hydroxyl groups excluding tert-OH is 1. The number of carbonyl (C=O) groups is 1. The lowest BCUT2D eigenvalue weighted by molar-refractivity contribution is -0.124. The summed E-state index contributed by atoms with van der Waals surface area (Å²) in [6, 6.07) is 0. The zero-order valence-electron chi connectivity index (χ0n) is 12.0. The van der Waals surface area contributed by atoms with Crippen molar-refractivity contribution in [3.05, 3.63) is 0 Å². The first kappa shape index (κ1) is 15.4. The molecule has 4 heteroatoms. The van der Waals surface area contributed by atoms with Gasteiger partial charge in [-0.3, -0.25) is 4.79 Å². The third-order valence-electron chi connectivity index (χ3n) is 4.22. The van der Waals surface area contributed by atoms with E-state index in [4.69, 9.17) is 0 Å². The Morgan fingerprint density at radius 2 is 2.33 bits per heavy atom. The molecule has 0 aliphatic carbocycles. The van der Waals surface area contributed by atoms with Gasteiger partial charge < -0.3 is 15.7 Å². The third-order valence-corrected chi connectivity index (χ3v) is 4.22. The van der Waals surface area contributed by atoms with E-state index in [-0.39, 0.29) is 12.5 Å². The van der Waals surface area contributed by atoms with Crippen molar-refractivity contribution in [1.82, 2.24) is 10.6 Å². The Balaban J connectivity index is 2.39. The Kier molecular flexibility index (Phi) is 6.09. The molecule has 0 aromatic heterocycles. The molecule has 0 radical (unpaired) electrons. The van der Waals surface area contributed by atoms with Crippen molar-refractivity contribution in [2.45, 2.75) is 52.0 Å². The smallest absolute Gasteiger partial charge is 0.220 e. The van der Waals surface area contributed by atoms with Crippen molar-refractivity contribution in [3.8, 4) is 0 Å². The highest BCUT2D eigenvalue weighted by molar-refractivity contribution is 5.77. The highest BCUT2D eigenvalue weighted by Crippen LogP contribution is 2.22. The molecule has 0 saturated carbocycles. The molecule has 3 N–H and O–H groups in total. The summed E-state index contributed by atoms with van der Waals surface area (Å²) in [5.41, 5.74) is -0.471. The maximum absolute atomic E-state index is 12.0. The fourth-order valence-electron chi connectivity index (χ4n) is 2.45. The summed E-state index contributed by atoms with van der Waals surface area (Å²) < 4.78 is 0. The first-order chi connectivity index (χ1) is 8.50. The van der Waals surface area contributed by atoms with Crippen molar-refractivity contribution in [2.75, 3.05) is 19.7 Å². The normalized spacial score (nSPS) is 25.2. The predicted octanol–water partition coefficient (Wildman–Crippen LogP) is 1.29. The van der Waals surface area contributed by atoms with Gasteiger partial charge in [0.1, 0.15) is 0 Å². The van der Waals surface area contributed by atoms with Gasteiger partial charge in [0.2, 0.25) is 5.91 Å². The summed E-state index contributed by atoms with van der Waals surface area (Å²) in [7, 11) is 0. The van der Waals surface area contributed by atoms with Crippen LogP contribution in [0.15, 0.2) is 0 Å². The molecule has 3 atom stereocenters. The molecule has 18 heavy (non-hydrogen) atoms. The summed E-state index contributed by atoms with van der Waals surface area (Å²) in [5, 5.41) is 15.6. The standard InChI is InChI=1S/C14H28N2O2/c1-4-14(3,10-17)16-13(18)8-11(2)12-6-5-7-15-9-12/h11-12,15,17H,4-10H2,1-3H3,(H,16,18). The van der Waals surface area contributed by atoms with E-state index in [0.717, 1.165) is 19.5 Å². The van der Waals surface area contributed by atoms with Gasteiger partial charge >= 0.3 is 0 Å². The minimum absolute atomic E-state index is 0.00535. The molecule has 1 heterocycles. The van der Waals surface area contributed by atoms with E-state index in [1.807, 2.05) is 13.8 Å². The summed E-state index contributed by atoms with van der Waals surface area (Å²) in [4.78, 5) is 12.0. The van der Waals surface area contributed by atoms with E-state index in [1.54, 1.807) is 0 Å². The van der Waals surface area contributed by atoms with Crippen LogP contribution in [0.3, 0.4) is 0 Å². The second kappa shape index (κ2) is 7.10. The van der Waals surface area contributed by atoms with E-state index in [2.05, 4.69) is 17.6 Å². The third kappa shape index (κ3) is 4.58. The summed E-state index contributed by atoms with van der Waals surface area (Å²) in [6.07, 6.45) is 3.73. The molecule has 1 amide bonds. The van der Waals surface area contributed by atoms with Gasteiger partial charge in [0, 0.05) is 6.42 Å². The maximum Gasteiger partial charge on any atom is 0.220 e. The van der Waals surface area contributed by atoms with Gasteiger partial charge in [-0.15, -0.1) is 0 Å².